The largest absolute Gasteiger partial charge is 0.463 e. The maximum absolute atomic E-state index is 12.8. The van der Waals surface area contributed by atoms with Crippen LogP contribution in [-0.4, -0.2) is 26.1 Å². The van der Waals surface area contributed by atoms with Crippen LogP contribution >= 0.6 is 0 Å². The van der Waals surface area contributed by atoms with E-state index in [1.165, 1.54) is 17.5 Å². The molecule has 0 saturated heterocycles. The first kappa shape index (κ1) is 16.9. The Balaban J connectivity index is 1.62. The molecule has 1 aliphatic rings. The molecule has 1 N–H and O–H groups in total. The van der Waals surface area contributed by atoms with Gasteiger partial charge < -0.3 is 9.73 Å². The zero-order valence-corrected chi connectivity index (χ0v) is 15.0. The number of aryl methyl sites for hydroxylation is 1. The fourth-order valence-corrected chi connectivity index (χ4v) is 3.89. The molecule has 4 rings (SSSR count). The van der Waals surface area contributed by atoms with Gasteiger partial charge in [0.1, 0.15) is 17.9 Å². The molecular weight excluding hydrogens is 332 g/mol. The molecular formula is C19H24N4O3. The Kier molecular flexibility index (Phi) is 4.53. The lowest BCUT2D eigenvalue weighted by molar-refractivity contribution is -0.122. The number of furan rings is 1. The number of aromatic nitrogens is 3. The molecule has 0 bridgehead atoms. The van der Waals surface area contributed by atoms with E-state index in [1.54, 1.807) is 12.3 Å². The van der Waals surface area contributed by atoms with Crippen LogP contribution in [0.4, 0.5) is 0 Å². The van der Waals surface area contributed by atoms with Crippen LogP contribution in [0, 0.1) is 0 Å². The normalized spacial score (nSPS) is 16.2. The van der Waals surface area contributed by atoms with Crippen molar-refractivity contribution in [3.63, 3.8) is 0 Å². The van der Waals surface area contributed by atoms with Crippen LogP contribution in [-0.2, 0) is 17.8 Å². The van der Waals surface area contributed by atoms with Crippen molar-refractivity contribution in [2.45, 2.75) is 64.5 Å². The number of rotatable bonds is 4. The van der Waals surface area contributed by atoms with Crippen LogP contribution in [0.2, 0.25) is 0 Å². The molecule has 0 spiro atoms. The zero-order chi connectivity index (χ0) is 18.1. The number of hydrogen-bond acceptors (Lipinski definition) is 4. The third-order valence-electron chi connectivity index (χ3n) is 5.20. The van der Waals surface area contributed by atoms with Gasteiger partial charge in [0.2, 0.25) is 5.91 Å². The van der Waals surface area contributed by atoms with Crippen LogP contribution in [0.5, 0.6) is 0 Å². The molecule has 0 radical (unpaired) electrons. The summed E-state index contributed by atoms with van der Waals surface area (Å²) in [4.78, 5) is 25.3. The van der Waals surface area contributed by atoms with Crippen molar-refractivity contribution < 1.29 is 9.21 Å². The number of nitrogens with zero attached hydrogens (tertiary/aromatic N) is 3. The number of carbonyl (C=O) groups is 1. The molecule has 0 aromatic carbocycles. The van der Waals surface area contributed by atoms with Gasteiger partial charge in [-0.15, -0.1) is 0 Å². The molecule has 3 heterocycles. The molecule has 0 atom stereocenters. The highest BCUT2D eigenvalue weighted by Crippen LogP contribution is 2.20. The molecule has 138 valence electrons. The number of hydrogen-bond donors (Lipinski definition) is 1. The van der Waals surface area contributed by atoms with Crippen molar-refractivity contribution in [2.24, 2.45) is 0 Å². The number of fused-ring (bicyclic) bond motifs is 3. The van der Waals surface area contributed by atoms with Gasteiger partial charge in [0, 0.05) is 24.6 Å². The Labute approximate surface area is 151 Å². The first-order chi connectivity index (χ1) is 12.7. The molecule has 1 saturated carbocycles. The van der Waals surface area contributed by atoms with E-state index in [4.69, 9.17) is 4.42 Å². The summed E-state index contributed by atoms with van der Waals surface area (Å²) in [7, 11) is 0. The van der Waals surface area contributed by atoms with Crippen molar-refractivity contribution in [1.29, 1.82) is 0 Å². The van der Waals surface area contributed by atoms with Gasteiger partial charge in [-0.3, -0.25) is 14.0 Å². The summed E-state index contributed by atoms with van der Waals surface area (Å²) in [6.07, 6.45) is 9.05. The average Bonchev–Trinajstić information content (AvgIpc) is 3.12. The highest BCUT2D eigenvalue weighted by molar-refractivity contribution is 5.82. The topological polar surface area (TPSA) is 81.5 Å². The lowest BCUT2D eigenvalue weighted by Crippen LogP contribution is -2.40. The molecule has 1 amide bonds. The molecule has 0 unspecified atom stereocenters. The molecule has 7 heteroatoms. The monoisotopic (exact) mass is 356 g/mol. The van der Waals surface area contributed by atoms with Gasteiger partial charge in [0.15, 0.2) is 5.58 Å². The van der Waals surface area contributed by atoms with E-state index < -0.39 is 0 Å². The van der Waals surface area contributed by atoms with E-state index in [-0.39, 0.29) is 24.1 Å². The van der Waals surface area contributed by atoms with Crippen LogP contribution in [0.3, 0.4) is 0 Å². The standard InChI is InChI=1S/C19H24N4O3/c1-2-17-21-22(12-18(24)20-13-7-5-3-4-6-8-13)19(25)15-11-16-14(23(15)17)9-10-26-16/h9-11,13H,2-8,12H2,1H3,(H,20,24). The highest BCUT2D eigenvalue weighted by Gasteiger charge is 2.18. The van der Waals surface area contributed by atoms with Crippen molar-refractivity contribution in [3.05, 3.63) is 34.6 Å². The van der Waals surface area contributed by atoms with Gasteiger partial charge in [-0.1, -0.05) is 32.6 Å². The van der Waals surface area contributed by atoms with E-state index in [1.807, 2.05) is 17.4 Å². The minimum absolute atomic E-state index is 0.0502. The van der Waals surface area contributed by atoms with Crippen molar-refractivity contribution in [2.75, 3.05) is 0 Å². The van der Waals surface area contributed by atoms with Crippen molar-refractivity contribution in [1.82, 2.24) is 19.5 Å². The molecule has 3 aromatic heterocycles. The summed E-state index contributed by atoms with van der Waals surface area (Å²) in [5, 5.41) is 7.51. The Hall–Kier alpha value is -2.57. The molecule has 7 nitrogen and oxygen atoms in total. The quantitative estimate of drug-likeness (QED) is 0.729. The first-order valence-electron chi connectivity index (χ1n) is 9.45. The van der Waals surface area contributed by atoms with Gasteiger partial charge in [-0.05, 0) is 12.8 Å². The molecule has 0 aliphatic heterocycles. The number of nitrogens with one attached hydrogen (secondary N) is 1. The van der Waals surface area contributed by atoms with Gasteiger partial charge in [0.05, 0.1) is 11.8 Å². The van der Waals surface area contributed by atoms with E-state index in [0.29, 0.717) is 17.5 Å². The van der Waals surface area contributed by atoms with E-state index >= 15 is 0 Å². The minimum atomic E-state index is -0.274. The number of carbonyl (C=O) groups excluding carboxylic acids is 1. The lowest BCUT2D eigenvalue weighted by Gasteiger charge is -2.16. The van der Waals surface area contributed by atoms with Crippen LogP contribution < -0.4 is 10.9 Å². The Morgan fingerprint density at radius 3 is 2.77 bits per heavy atom. The van der Waals surface area contributed by atoms with Crippen LogP contribution in [0.1, 0.15) is 51.3 Å². The summed E-state index contributed by atoms with van der Waals surface area (Å²) in [5.74, 6) is 0.589. The lowest BCUT2D eigenvalue weighted by atomic mass is 10.1. The minimum Gasteiger partial charge on any atom is -0.463 e. The Bertz CT molecular complexity index is 989. The maximum atomic E-state index is 12.8. The number of amides is 1. The second kappa shape index (κ2) is 6.97. The molecule has 26 heavy (non-hydrogen) atoms. The summed E-state index contributed by atoms with van der Waals surface area (Å²) in [5.41, 5.74) is 1.70. The predicted molar refractivity (Wildman–Crippen MR) is 98.2 cm³/mol. The smallest absolute Gasteiger partial charge is 0.291 e. The molecule has 3 aromatic rings. The highest BCUT2D eigenvalue weighted by atomic mass is 16.3. The Morgan fingerprint density at radius 1 is 1.27 bits per heavy atom. The van der Waals surface area contributed by atoms with Crippen molar-refractivity contribution in [3.8, 4) is 0 Å². The van der Waals surface area contributed by atoms with Crippen LogP contribution in [0.15, 0.2) is 27.6 Å². The van der Waals surface area contributed by atoms with Crippen molar-refractivity contribution >= 4 is 22.5 Å². The van der Waals surface area contributed by atoms with Crippen LogP contribution in [0.25, 0.3) is 16.6 Å². The average molecular weight is 356 g/mol. The third-order valence-corrected chi connectivity index (χ3v) is 5.20. The fraction of sp³-hybridized carbons (Fsp3) is 0.526. The second-order valence-electron chi connectivity index (χ2n) is 7.02. The fourth-order valence-electron chi connectivity index (χ4n) is 3.89. The molecule has 1 fully saturated rings. The van der Waals surface area contributed by atoms with E-state index in [9.17, 15) is 9.59 Å². The predicted octanol–water partition coefficient (Wildman–Crippen LogP) is 2.64. The zero-order valence-electron chi connectivity index (χ0n) is 15.0. The van der Waals surface area contributed by atoms with E-state index in [2.05, 4.69) is 10.4 Å². The summed E-state index contributed by atoms with van der Waals surface area (Å²) in [6, 6.07) is 3.76. The second-order valence-corrected chi connectivity index (χ2v) is 7.02. The maximum Gasteiger partial charge on any atom is 0.291 e. The summed E-state index contributed by atoms with van der Waals surface area (Å²) >= 11 is 0. The van der Waals surface area contributed by atoms with Gasteiger partial charge >= 0.3 is 0 Å². The van der Waals surface area contributed by atoms with Gasteiger partial charge in [0.25, 0.3) is 5.56 Å². The van der Waals surface area contributed by atoms with Gasteiger partial charge in [-0.25, -0.2) is 4.68 Å². The molecule has 1 aliphatic carbocycles. The van der Waals surface area contributed by atoms with Gasteiger partial charge in [-0.2, -0.15) is 5.10 Å². The van der Waals surface area contributed by atoms with E-state index in [0.717, 1.165) is 37.0 Å². The third kappa shape index (κ3) is 3.02. The summed E-state index contributed by atoms with van der Waals surface area (Å²) < 4.78 is 8.51. The summed E-state index contributed by atoms with van der Waals surface area (Å²) in [6.45, 7) is 1.93. The first-order valence-corrected chi connectivity index (χ1v) is 9.45. The Morgan fingerprint density at radius 2 is 2.04 bits per heavy atom. The SMILES string of the molecule is CCc1nn(CC(=O)NC2CCCCCC2)c(=O)c2cc3occc3n12.